The molecule has 0 amide bonds. The topological polar surface area (TPSA) is 63.6 Å². The van der Waals surface area contributed by atoms with Crippen molar-refractivity contribution in [3.8, 4) is 0 Å². The lowest BCUT2D eigenvalue weighted by atomic mass is 9.79. The molecule has 1 saturated carbocycles. The van der Waals surface area contributed by atoms with Gasteiger partial charge in [-0.25, -0.2) is 0 Å². The summed E-state index contributed by atoms with van der Waals surface area (Å²) in [7, 11) is 0. The van der Waals surface area contributed by atoms with Crippen LogP contribution in [0.25, 0.3) is 0 Å². The molecule has 152 valence electrons. The molecule has 1 fully saturated rings. The van der Waals surface area contributed by atoms with E-state index in [1.165, 1.54) is 32.1 Å². The Labute approximate surface area is 160 Å². The van der Waals surface area contributed by atoms with E-state index in [4.69, 9.17) is 4.74 Å². The van der Waals surface area contributed by atoms with Gasteiger partial charge in [0.05, 0.1) is 11.8 Å². The zero-order chi connectivity index (χ0) is 19.4. The first kappa shape index (κ1) is 23.0. The van der Waals surface area contributed by atoms with Gasteiger partial charge in [-0.15, -0.1) is 0 Å². The van der Waals surface area contributed by atoms with Crippen molar-refractivity contribution in [1.29, 1.82) is 0 Å². The van der Waals surface area contributed by atoms with Gasteiger partial charge >= 0.3 is 11.9 Å². The molecular formula is C22H40O4. The molecule has 4 heteroatoms. The summed E-state index contributed by atoms with van der Waals surface area (Å²) in [5.74, 6) is -1.33. The summed E-state index contributed by atoms with van der Waals surface area (Å²) in [6.45, 7) is 6.64. The molecule has 1 rings (SSSR count). The van der Waals surface area contributed by atoms with Crippen molar-refractivity contribution in [2.24, 2.45) is 17.8 Å². The summed E-state index contributed by atoms with van der Waals surface area (Å²) in [5.41, 5.74) is 0. The first-order valence-corrected chi connectivity index (χ1v) is 10.9. The van der Waals surface area contributed by atoms with Crippen molar-refractivity contribution in [2.75, 3.05) is 0 Å². The molecular weight excluding hydrogens is 328 g/mol. The van der Waals surface area contributed by atoms with Crippen LogP contribution in [-0.4, -0.2) is 23.1 Å². The van der Waals surface area contributed by atoms with Gasteiger partial charge in [0, 0.05) is 0 Å². The number of ether oxygens (including phenoxy) is 1. The van der Waals surface area contributed by atoms with Gasteiger partial charge in [-0.3, -0.25) is 9.59 Å². The van der Waals surface area contributed by atoms with E-state index in [0.717, 1.165) is 44.4 Å². The zero-order valence-corrected chi connectivity index (χ0v) is 17.2. The molecule has 1 aliphatic rings. The van der Waals surface area contributed by atoms with Crippen LogP contribution < -0.4 is 0 Å². The van der Waals surface area contributed by atoms with Crippen LogP contribution in [0, 0.1) is 17.8 Å². The van der Waals surface area contributed by atoms with E-state index in [-0.39, 0.29) is 12.1 Å². The minimum absolute atomic E-state index is 0.0421. The highest BCUT2D eigenvalue weighted by molar-refractivity contribution is 5.81. The van der Waals surface area contributed by atoms with E-state index < -0.39 is 17.8 Å². The first-order valence-electron chi connectivity index (χ1n) is 10.9. The number of aliphatic carboxylic acids is 1. The molecule has 0 aliphatic heterocycles. The Kier molecular flexibility index (Phi) is 11.6. The van der Waals surface area contributed by atoms with E-state index in [1.54, 1.807) is 0 Å². The minimum Gasteiger partial charge on any atom is -0.481 e. The van der Waals surface area contributed by atoms with Crippen molar-refractivity contribution in [3.05, 3.63) is 0 Å². The van der Waals surface area contributed by atoms with E-state index >= 15 is 0 Å². The minimum atomic E-state index is -0.847. The van der Waals surface area contributed by atoms with Crippen LogP contribution in [0.15, 0.2) is 0 Å². The van der Waals surface area contributed by atoms with Crippen LogP contribution in [0.1, 0.15) is 104 Å². The van der Waals surface area contributed by atoms with Gasteiger partial charge in [-0.2, -0.15) is 0 Å². The van der Waals surface area contributed by atoms with Gasteiger partial charge < -0.3 is 9.84 Å². The lowest BCUT2D eigenvalue weighted by Crippen LogP contribution is -2.35. The standard InChI is InChI=1S/C22H40O4/c1-4-12-18(14-9-7-5-6-8-13-17(2)3)26-22(25)20-16-11-10-15-19(20)21(23)24/h17-20H,4-16H2,1-3H3,(H,23,24). The number of unbranched alkanes of at least 4 members (excludes halogenated alkanes) is 4. The SMILES string of the molecule is CCCC(CCCCCCCC(C)C)OC(=O)C1CCCCC1C(=O)O. The smallest absolute Gasteiger partial charge is 0.310 e. The second-order valence-corrected chi connectivity index (χ2v) is 8.42. The number of hydrogen-bond acceptors (Lipinski definition) is 3. The van der Waals surface area contributed by atoms with Gasteiger partial charge in [-0.05, 0) is 38.0 Å². The van der Waals surface area contributed by atoms with E-state index in [2.05, 4.69) is 20.8 Å². The molecule has 4 nitrogen and oxygen atoms in total. The number of hydrogen-bond donors (Lipinski definition) is 1. The van der Waals surface area contributed by atoms with Gasteiger partial charge in [0.1, 0.15) is 6.10 Å². The Morgan fingerprint density at radius 1 is 0.923 bits per heavy atom. The fourth-order valence-corrected chi connectivity index (χ4v) is 4.00. The summed E-state index contributed by atoms with van der Waals surface area (Å²) in [6, 6.07) is 0. The van der Waals surface area contributed by atoms with Crippen LogP contribution in [0.2, 0.25) is 0 Å². The molecule has 0 radical (unpaired) electrons. The van der Waals surface area contributed by atoms with Crippen LogP contribution >= 0.6 is 0 Å². The van der Waals surface area contributed by atoms with E-state index in [9.17, 15) is 14.7 Å². The lowest BCUT2D eigenvalue weighted by Gasteiger charge is -2.28. The first-order chi connectivity index (χ1) is 12.5. The van der Waals surface area contributed by atoms with Crippen molar-refractivity contribution in [1.82, 2.24) is 0 Å². The van der Waals surface area contributed by atoms with Crippen molar-refractivity contribution >= 4 is 11.9 Å². The normalized spacial score (nSPS) is 21.5. The largest absolute Gasteiger partial charge is 0.481 e. The summed E-state index contributed by atoms with van der Waals surface area (Å²) >= 11 is 0. The average molecular weight is 369 g/mol. The molecule has 0 heterocycles. The predicted octanol–water partition coefficient (Wildman–Crippen LogP) is 5.98. The molecule has 0 saturated heterocycles. The van der Waals surface area contributed by atoms with Crippen molar-refractivity contribution in [2.45, 2.75) is 110 Å². The molecule has 1 aliphatic carbocycles. The Hall–Kier alpha value is -1.06. The maximum Gasteiger partial charge on any atom is 0.310 e. The highest BCUT2D eigenvalue weighted by Crippen LogP contribution is 2.32. The Bertz CT molecular complexity index is 405. The summed E-state index contributed by atoms with van der Waals surface area (Å²) < 4.78 is 5.77. The van der Waals surface area contributed by atoms with Crippen molar-refractivity contribution in [3.63, 3.8) is 0 Å². The molecule has 3 unspecified atom stereocenters. The highest BCUT2D eigenvalue weighted by atomic mass is 16.5. The van der Waals surface area contributed by atoms with Gasteiger partial charge in [0.15, 0.2) is 0 Å². The van der Waals surface area contributed by atoms with Gasteiger partial charge in [0.2, 0.25) is 0 Å². The second-order valence-electron chi connectivity index (χ2n) is 8.42. The van der Waals surface area contributed by atoms with Crippen LogP contribution in [0.3, 0.4) is 0 Å². The third-order valence-corrected chi connectivity index (χ3v) is 5.59. The monoisotopic (exact) mass is 368 g/mol. The fourth-order valence-electron chi connectivity index (χ4n) is 4.00. The fraction of sp³-hybridized carbons (Fsp3) is 0.909. The molecule has 0 bridgehead atoms. The maximum atomic E-state index is 12.6. The Morgan fingerprint density at radius 2 is 1.50 bits per heavy atom. The third-order valence-electron chi connectivity index (χ3n) is 5.59. The number of rotatable bonds is 13. The average Bonchev–Trinajstić information content (AvgIpc) is 2.60. The third kappa shape index (κ3) is 9.05. The van der Waals surface area contributed by atoms with Gasteiger partial charge in [-0.1, -0.05) is 72.1 Å². The van der Waals surface area contributed by atoms with Crippen molar-refractivity contribution < 1.29 is 19.4 Å². The molecule has 0 aromatic heterocycles. The molecule has 1 N–H and O–H groups in total. The highest BCUT2D eigenvalue weighted by Gasteiger charge is 2.37. The number of carbonyl (C=O) groups is 2. The molecule has 0 aromatic carbocycles. The van der Waals surface area contributed by atoms with E-state index in [1.807, 2.05) is 0 Å². The molecule has 0 spiro atoms. The summed E-state index contributed by atoms with van der Waals surface area (Å²) in [4.78, 5) is 24.0. The molecule has 26 heavy (non-hydrogen) atoms. The summed E-state index contributed by atoms with van der Waals surface area (Å²) in [6.07, 6.45) is 13.3. The Balaban J connectivity index is 2.34. The Morgan fingerprint density at radius 3 is 2.08 bits per heavy atom. The molecule has 3 atom stereocenters. The number of carboxylic acid groups (broad SMARTS) is 1. The van der Waals surface area contributed by atoms with Gasteiger partial charge in [0.25, 0.3) is 0 Å². The number of carboxylic acids is 1. The molecule has 0 aromatic rings. The van der Waals surface area contributed by atoms with Crippen LogP contribution in [0.4, 0.5) is 0 Å². The number of esters is 1. The lowest BCUT2D eigenvalue weighted by molar-refractivity contribution is -0.164. The zero-order valence-electron chi connectivity index (χ0n) is 17.2. The van der Waals surface area contributed by atoms with E-state index in [0.29, 0.717) is 12.8 Å². The quantitative estimate of drug-likeness (QED) is 0.321. The second kappa shape index (κ2) is 13.2. The van der Waals surface area contributed by atoms with Crippen LogP contribution in [-0.2, 0) is 14.3 Å². The number of carbonyl (C=O) groups excluding carboxylic acids is 1. The predicted molar refractivity (Wildman–Crippen MR) is 105 cm³/mol. The maximum absolute atomic E-state index is 12.6. The summed E-state index contributed by atoms with van der Waals surface area (Å²) in [5, 5.41) is 9.37. The van der Waals surface area contributed by atoms with Crippen LogP contribution in [0.5, 0.6) is 0 Å².